The van der Waals surface area contributed by atoms with Crippen molar-refractivity contribution in [3.63, 3.8) is 0 Å². The summed E-state index contributed by atoms with van der Waals surface area (Å²) in [4.78, 5) is 17.0. The Bertz CT molecular complexity index is 310. The number of pyridine rings is 1. The molecule has 3 nitrogen and oxygen atoms in total. The molecule has 0 saturated carbocycles. The van der Waals surface area contributed by atoms with Crippen LogP contribution in [0.3, 0.4) is 0 Å². The first-order valence-electron chi connectivity index (χ1n) is 4.34. The molecule has 0 bridgehead atoms. The Kier molecular flexibility index (Phi) is 3.01. The minimum atomic E-state index is 0.120. The fourth-order valence-electron chi connectivity index (χ4n) is 1.21. The van der Waals surface area contributed by atoms with Crippen molar-refractivity contribution >= 4 is 11.6 Å². The van der Waals surface area contributed by atoms with E-state index in [0.29, 0.717) is 6.42 Å². The topological polar surface area (TPSA) is 33.2 Å². The highest BCUT2D eigenvalue weighted by atomic mass is 16.2. The maximum atomic E-state index is 11.4. The molecule has 0 saturated heterocycles. The van der Waals surface area contributed by atoms with Gasteiger partial charge in [0.15, 0.2) is 0 Å². The summed E-state index contributed by atoms with van der Waals surface area (Å²) in [5, 5.41) is 0. The van der Waals surface area contributed by atoms with Crippen molar-refractivity contribution in [2.45, 2.75) is 20.3 Å². The van der Waals surface area contributed by atoms with Crippen molar-refractivity contribution in [1.29, 1.82) is 0 Å². The summed E-state index contributed by atoms with van der Waals surface area (Å²) in [6.45, 7) is 3.80. The van der Waals surface area contributed by atoms with Gasteiger partial charge in [-0.25, -0.2) is 0 Å². The molecule has 0 fully saturated rings. The first-order chi connectivity index (χ1) is 6.16. The summed E-state index contributed by atoms with van der Waals surface area (Å²) in [5.74, 6) is 0.120. The lowest BCUT2D eigenvalue weighted by Gasteiger charge is -2.18. The van der Waals surface area contributed by atoms with Gasteiger partial charge < -0.3 is 4.90 Å². The second-order valence-corrected chi connectivity index (χ2v) is 2.97. The van der Waals surface area contributed by atoms with Crippen LogP contribution in [0.5, 0.6) is 0 Å². The number of aromatic nitrogens is 1. The lowest BCUT2D eigenvalue weighted by atomic mass is 10.2. The fraction of sp³-hybridized carbons (Fsp3) is 0.400. The normalized spacial score (nSPS) is 9.77. The standard InChI is InChI=1S/C10H14N2O/c1-4-10(13)12(3)9-5-6-11-7-8(9)2/h5-7H,4H2,1-3H3. The minimum Gasteiger partial charge on any atom is -0.315 e. The van der Waals surface area contributed by atoms with Crippen molar-refractivity contribution in [1.82, 2.24) is 4.98 Å². The van der Waals surface area contributed by atoms with E-state index < -0.39 is 0 Å². The van der Waals surface area contributed by atoms with Crippen molar-refractivity contribution in [2.24, 2.45) is 0 Å². The molecule has 1 amide bonds. The van der Waals surface area contributed by atoms with E-state index >= 15 is 0 Å². The van der Waals surface area contributed by atoms with Gasteiger partial charge in [0, 0.05) is 31.5 Å². The molecule has 0 N–H and O–H groups in total. The largest absolute Gasteiger partial charge is 0.315 e. The Morgan fingerprint density at radius 2 is 2.31 bits per heavy atom. The fourth-order valence-corrected chi connectivity index (χ4v) is 1.21. The minimum absolute atomic E-state index is 0.120. The van der Waals surface area contributed by atoms with Crippen LogP contribution in [0.4, 0.5) is 5.69 Å². The first kappa shape index (κ1) is 9.71. The quantitative estimate of drug-likeness (QED) is 0.691. The van der Waals surface area contributed by atoms with E-state index in [0.717, 1.165) is 11.3 Å². The van der Waals surface area contributed by atoms with Crippen LogP contribution in [-0.4, -0.2) is 17.9 Å². The third-order valence-electron chi connectivity index (χ3n) is 2.03. The van der Waals surface area contributed by atoms with E-state index in [2.05, 4.69) is 4.98 Å². The van der Waals surface area contributed by atoms with E-state index in [1.165, 1.54) is 0 Å². The summed E-state index contributed by atoms with van der Waals surface area (Å²) < 4.78 is 0. The van der Waals surface area contributed by atoms with Crippen LogP contribution >= 0.6 is 0 Å². The maximum Gasteiger partial charge on any atom is 0.226 e. The number of hydrogen-bond acceptors (Lipinski definition) is 2. The molecule has 1 heterocycles. The molecular formula is C10H14N2O. The molecule has 0 aliphatic rings. The molecule has 0 unspecified atom stereocenters. The lowest BCUT2D eigenvalue weighted by molar-refractivity contribution is -0.118. The van der Waals surface area contributed by atoms with Crippen LogP contribution in [0, 0.1) is 6.92 Å². The Morgan fingerprint density at radius 1 is 1.62 bits per heavy atom. The molecular weight excluding hydrogens is 164 g/mol. The number of carbonyl (C=O) groups is 1. The maximum absolute atomic E-state index is 11.4. The van der Waals surface area contributed by atoms with Crippen molar-refractivity contribution in [3.05, 3.63) is 24.0 Å². The predicted octanol–water partition coefficient (Wildman–Crippen LogP) is 1.76. The SMILES string of the molecule is CCC(=O)N(C)c1ccncc1C. The summed E-state index contributed by atoms with van der Waals surface area (Å²) in [7, 11) is 1.79. The van der Waals surface area contributed by atoms with Gasteiger partial charge in [0.1, 0.15) is 0 Å². The second kappa shape index (κ2) is 4.03. The molecule has 3 heteroatoms. The van der Waals surface area contributed by atoms with Crippen LogP contribution in [0.25, 0.3) is 0 Å². The summed E-state index contributed by atoms with van der Waals surface area (Å²) in [6, 6.07) is 1.85. The van der Waals surface area contributed by atoms with E-state index in [1.54, 1.807) is 24.3 Å². The zero-order valence-electron chi connectivity index (χ0n) is 8.24. The van der Waals surface area contributed by atoms with Crippen LogP contribution in [0.15, 0.2) is 18.5 Å². The summed E-state index contributed by atoms with van der Waals surface area (Å²) >= 11 is 0. The van der Waals surface area contributed by atoms with Gasteiger partial charge in [-0.2, -0.15) is 0 Å². The number of carbonyl (C=O) groups excluding carboxylic acids is 1. The number of rotatable bonds is 2. The Hall–Kier alpha value is -1.38. The molecule has 1 rings (SSSR count). The average Bonchev–Trinajstić information content (AvgIpc) is 2.16. The third-order valence-corrected chi connectivity index (χ3v) is 2.03. The van der Waals surface area contributed by atoms with Gasteiger partial charge >= 0.3 is 0 Å². The molecule has 0 aromatic carbocycles. The molecule has 70 valence electrons. The molecule has 1 aromatic rings. The summed E-state index contributed by atoms with van der Waals surface area (Å²) in [5.41, 5.74) is 1.95. The molecule has 0 aliphatic heterocycles. The molecule has 0 spiro atoms. The molecule has 13 heavy (non-hydrogen) atoms. The zero-order valence-corrected chi connectivity index (χ0v) is 8.24. The van der Waals surface area contributed by atoms with Gasteiger partial charge in [0.2, 0.25) is 5.91 Å². The molecule has 1 aromatic heterocycles. The van der Waals surface area contributed by atoms with Crippen molar-refractivity contribution in [2.75, 3.05) is 11.9 Å². The van der Waals surface area contributed by atoms with Gasteiger partial charge in [-0.1, -0.05) is 6.92 Å². The van der Waals surface area contributed by atoms with Crippen LogP contribution in [-0.2, 0) is 4.79 Å². The van der Waals surface area contributed by atoms with Gasteiger partial charge in [0.25, 0.3) is 0 Å². The van der Waals surface area contributed by atoms with Crippen molar-refractivity contribution in [3.8, 4) is 0 Å². The van der Waals surface area contributed by atoms with Crippen LogP contribution in [0.2, 0.25) is 0 Å². The lowest BCUT2D eigenvalue weighted by Crippen LogP contribution is -2.25. The molecule has 0 aliphatic carbocycles. The van der Waals surface area contributed by atoms with Crippen LogP contribution in [0.1, 0.15) is 18.9 Å². The van der Waals surface area contributed by atoms with E-state index in [4.69, 9.17) is 0 Å². The highest BCUT2D eigenvalue weighted by Crippen LogP contribution is 2.16. The van der Waals surface area contributed by atoms with E-state index in [1.807, 2.05) is 19.9 Å². The van der Waals surface area contributed by atoms with Gasteiger partial charge in [-0.05, 0) is 18.6 Å². The summed E-state index contributed by atoms with van der Waals surface area (Å²) in [6.07, 6.45) is 3.98. The smallest absolute Gasteiger partial charge is 0.226 e. The van der Waals surface area contributed by atoms with E-state index in [9.17, 15) is 4.79 Å². The number of hydrogen-bond donors (Lipinski definition) is 0. The van der Waals surface area contributed by atoms with E-state index in [-0.39, 0.29) is 5.91 Å². The average molecular weight is 178 g/mol. The Morgan fingerprint density at radius 3 is 2.85 bits per heavy atom. The number of amides is 1. The zero-order chi connectivity index (χ0) is 9.84. The van der Waals surface area contributed by atoms with Gasteiger partial charge in [-0.15, -0.1) is 0 Å². The second-order valence-electron chi connectivity index (χ2n) is 2.97. The highest BCUT2D eigenvalue weighted by molar-refractivity contribution is 5.93. The monoisotopic (exact) mass is 178 g/mol. The molecule has 0 radical (unpaired) electrons. The van der Waals surface area contributed by atoms with Crippen molar-refractivity contribution < 1.29 is 4.79 Å². The predicted molar refractivity (Wildman–Crippen MR) is 52.7 cm³/mol. The van der Waals surface area contributed by atoms with Gasteiger partial charge in [0.05, 0.1) is 0 Å². The van der Waals surface area contributed by atoms with Gasteiger partial charge in [-0.3, -0.25) is 9.78 Å². The number of nitrogens with zero attached hydrogens (tertiary/aromatic N) is 2. The van der Waals surface area contributed by atoms with Crippen LogP contribution < -0.4 is 4.90 Å². The number of anilines is 1. The first-order valence-corrected chi connectivity index (χ1v) is 4.34. The Balaban J connectivity index is 2.95. The highest BCUT2D eigenvalue weighted by Gasteiger charge is 2.09. The third kappa shape index (κ3) is 2.05. The molecule has 0 atom stereocenters. The number of aryl methyl sites for hydroxylation is 1. The Labute approximate surface area is 78.4 Å².